The van der Waals surface area contributed by atoms with Crippen molar-refractivity contribution in [3.05, 3.63) is 17.0 Å². The van der Waals surface area contributed by atoms with Crippen LogP contribution in [0.15, 0.2) is 0 Å². The molecule has 0 amide bonds. The number of fused-ring (bicyclic) bond motifs is 1. The van der Waals surface area contributed by atoms with Crippen LogP contribution in [-0.4, -0.2) is 15.2 Å². The third-order valence-corrected chi connectivity index (χ3v) is 2.58. The number of hydrogen-bond acceptors (Lipinski definition) is 5. The number of nitrogen functional groups attached to an aromatic ring is 2. The Kier molecular flexibility index (Phi) is 1.96. The van der Waals surface area contributed by atoms with E-state index in [0.717, 1.165) is 27.7 Å². The molecular formula is C10H13N5. The Hall–Kier alpha value is -1.91. The van der Waals surface area contributed by atoms with Crippen molar-refractivity contribution >= 4 is 22.4 Å². The first-order chi connectivity index (χ1) is 7.02. The summed E-state index contributed by atoms with van der Waals surface area (Å²) in [6.07, 6.45) is 0. The fraction of sp³-hybridized carbons (Fsp3) is 0.300. The largest absolute Gasteiger partial charge is 0.383 e. The van der Waals surface area contributed by atoms with Crippen molar-refractivity contribution in [2.45, 2.75) is 20.8 Å². The summed E-state index contributed by atoms with van der Waals surface area (Å²) in [5.74, 6) is 0.907. The molecule has 0 atom stereocenters. The molecule has 0 saturated heterocycles. The number of aromatic nitrogens is 3. The lowest BCUT2D eigenvalue weighted by molar-refractivity contribution is 1.00. The SMILES string of the molecule is Cc1nnc(N)c2c(C)c(N)nc(C)c12. The van der Waals surface area contributed by atoms with Crippen molar-refractivity contribution in [1.29, 1.82) is 0 Å². The summed E-state index contributed by atoms with van der Waals surface area (Å²) < 4.78 is 0. The van der Waals surface area contributed by atoms with Crippen molar-refractivity contribution in [2.75, 3.05) is 11.5 Å². The van der Waals surface area contributed by atoms with Crippen molar-refractivity contribution in [1.82, 2.24) is 15.2 Å². The van der Waals surface area contributed by atoms with Gasteiger partial charge in [0.2, 0.25) is 0 Å². The van der Waals surface area contributed by atoms with Gasteiger partial charge in [-0.2, -0.15) is 5.10 Å². The van der Waals surface area contributed by atoms with Crippen LogP contribution in [0.2, 0.25) is 0 Å². The number of nitrogens with two attached hydrogens (primary N) is 2. The lowest BCUT2D eigenvalue weighted by atomic mass is 10.1. The highest BCUT2D eigenvalue weighted by Gasteiger charge is 2.12. The molecule has 0 fully saturated rings. The lowest BCUT2D eigenvalue weighted by Crippen LogP contribution is -2.04. The molecule has 0 aliphatic carbocycles. The topological polar surface area (TPSA) is 90.7 Å². The van der Waals surface area contributed by atoms with E-state index in [1.54, 1.807) is 0 Å². The van der Waals surface area contributed by atoms with Gasteiger partial charge in [-0.25, -0.2) is 4.98 Å². The van der Waals surface area contributed by atoms with Gasteiger partial charge in [-0.05, 0) is 20.8 Å². The van der Waals surface area contributed by atoms with E-state index in [1.165, 1.54) is 0 Å². The molecule has 0 aliphatic heterocycles. The number of aryl methyl sites for hydroxylation is 3. The van der Waals surface area contributed by atoms with Crippen LogP contribution >= 0.6 is 0 Å². The van der Waals surface area contributed by atoms with E-state index in [4.69, 9.17) is 11.5 Å². The van der Waals surface area contributed by atoms with Crippen LogP contribution in [0.1, 0.15) is 17.0 Å². The Balaban J connectivity index is 3.08. The Morgan fingerprint density at radius 3 is 2.13 bits per heavy atom. The van der Waals surface area contributed by atoms with Crippen molar-refractivity contribution in [2.24, 2.45) is 0 Å². The molecule has 0 spiro atoms. The van der Waals surface area contributed by atoms with Crippen molar-refractivity contribution in [3.63, 3.8) is 0 Å². The van der Waals surface area contributed by atoms with Crippen LogP contribution in [0.25, 0.3) is 10.8 Å². The molecule has 78 valence electrons. The molecule has 0 unspecified atom stereocenters. The third-order valence-electron chi connectivity index (χ3n) is 2.58. The fourth-order valence-corrected chi connectivity index (χ4v) is 1.81. The Morgan fingerprint density at radius 1 is 0.800 bits per heavy atom. The number of anilines is 2. The highest BCUT2D eigenvalue weighted by atomic mass is 15.1. The quantitative estimate of drug-likeness (QED) is 0.669. The van der Waals surface area contributed by atoms with E-state index < -0.39 is 0 Å². The highest BCUT2D eigenvalue weighted by Crippen LogP contribution is 2.28. The van der Waals surface area contributed by atoms with E-state index in [9.17, 15) is 0 Å². The number of rotatable bonds is 0. The first-order valence-corrected chi connectivity index (χ1v) is 4.67. The summed E-state index contributed by atoms with van der Waals surface area (Å²) >= 11 is 0. The highest BCUT2D eigenvalue weighted by molar-refractivity contribution is 5.98. The lowest BCUT2D eigenvalue weighted by Gasteiger charge is -2.10. The van der Waals surface area contributed by atoms with Crippen LogP contribution in [0, 0.1) is 20.8 Å². The van der Waals surface area contributed by atoms with E-state index in [0.29, 0.717) is 11.6 Å². The number of pyridine rings is 1. The Bertz CT molecular complexity index is 547. The normalized spacial score (nSPS) is 10.9. The molecule has 0 bridgehead atoms. The predicted molar refractivity (Wildman–Crippen MR) is 60.4 cm³/mol. The molecule has 5 heteroatoms. The molecule has 2 rings (SSSR count). The summed E-state index contributed by atoms with van der Waals surface area (Å²) in [4.78, 5) is 4.26. The van der Waals surface area contributed by atoms with E-state index in [-0.39, 0.29) is 0 Å². The minimum Gasteiger partial charge on any atom is -0.383 e. The van der Waals surface area contributed by atoms with Crippen LogP contribution in [0.5, 0.6) is 0 Å². The van der Waals surface area contributed by atoms with E-state index in [2.05, 4.69) is 15.2 Å². The number of nitrogens with zero attached hydrogens (tertiary/aromatic N) is 3. The Labute approximate surface area is 87.5 Å². The first kappa shape index (κ1) is 9.64. The minimum atomic E-state index is 0.408. The van der Waals surface area contributed by atoms with Gasteiger partial charge in [0.15, 0.2) is 5.82 Å². The molecule has 2 aromatic heterocycles. The second-order valence-electron chi connectivity index (χ2n) is 3.63. The summed E-state index contributed by atoms with van der Waals surface area (Å²) in [7, 11) is 0. The molecule has 5 nitrogen and oxygen atoms in total. The van der Waals surface area contributed by atoms with Gasteiger partial charge in [-0.3, -0.25) is 0 Å². The maximum atomic E-state index is 5.81. The van der Waals surface area contributed by atoms with Crippen LogP contribution in [0.4, 0.5) is 11.6 Å². The van der Waals surface area contributed by atoms with Crippen molar-refractivity contribution < 1.29 is 0 Å². The summed E-state index contributed by atoms with van der Waals surface area (Å²) in [6.45, 7) is 5.67. The third kappa shape index (κ3) is 1.27. The first-order valence-electron chi connectivity index (χ1n) is 4.67. The maximum absolute atomic E-state index is 5.81. The standard InChI is InChI=1S/C10H13N5/c1-4-7-8(5(2)13-9(4)11)6(3)14-15-10(7)12/h1-3H3,(H2,11,13)(H2,12,15). The zero-order chi connectivity index (χ0) is 11.2. The summed E-state index contributed by atoms with van der Waals surface area (Å²) in [5.41, 5.74) is 14.1. The van der Waals surface area contributed by atoms with Gasteiger partial charge >= 0.3 is 0 Å². The monoisotopic (exact) mass is 203 g/mol. The van der Waals surface area contributed by atoms with Gasteiger partial charge in [0.1, 0.15) is 5.82 Å². The second-order valence-corrected chi connectivity index (χ2v) is 3.63. The average molecular weight is 203 g/mol. The average Bonchev–Trinajstić information content (AvgIpc) is 2.18. The van der Waals surface area contributed by atoms with Crippen molar-refractivity contribution in [3.8, 4) is 0 Å². The van der Waals surface area contributed by atoms with Gasteiger partial charge in [-0.15, -0.1) is 5.10 Å². The molecule has 0 radical (unpaired) electrons. The maximum Gasteiger partial charge on any atom is 0.154 e. The van der Waals surface area contributed by atoms with E-state index >= 15 is 0 Å². The second kappa shape index (κ2) is 3.05. The van der Waals surface area contributed by atoms with Crippen LogP contribution in [-0.2, 0) is 0 Å². The molecular weight excluding hydrogens is 190 g/mol. The molecule has 15 heavy (non-hydrogen) atoms. The Morgan fingerprint density at radius 2 is 1.47 bits per heavy atom. The zero-order valence-corrected chi connectivity index (χ0v) is 9.00. The van der Waals surface area contributed by atoms with Crippen LogP contribution < -0.4 is 11.5 Å². The van der Waals surface area contributed by atoms with Gasteiger partial charge in [-0.1, -0.05) is 0 Å². The molecule has 4 N–H and O–H groups in total. The molecule has 0 saturated carbocycles. The fourth-order valence-electron chi connectivity index (χ4n) is 1.81. The van der Waals surface area contributed by atoms with Gasteiger partial charge in [0.05, 0.1) is 5.69 Å². The molecule has 0 aliphatic rings. The predicted octanol–water partition coefficient (Wildman–Crippen LogP) is 1.11. The zero-order valence-electron chi connectivity index (χ0n) is 9.00. The van der Waals surface area contributed by atoms with E-state index in [1.807, 2.05) is 20.8 Å². The molecule has 0 aromatic carbocycles. The smallest absolute Gasteiger partial charge is 0.154 e. The summed E-state index contributed by atoms with van der Waals surface area (Å²) in [5, 5.41) is 9.70. The minimum absolute atomic E-state index is 0.408. The van der Waals surface area contributed by atoms with Gasteiger partial charge in [0, 0.05) is 22.0 Å². The number of hydrogen-bond donors (Lipinski definition) is 2. The summed E-state index contributed by atoms with van der Waals surface area (Å²) in [6, 6.07) is 0. The van der Waals surface area contributed by atoms with Crippen LogP contribution in [0.3, 0.4) is 0 Å². The molecule has 2 aromatic rings. The van der Waals surface area contributed by atoms with Gasteiger partial charge in [0.25, 0.3) is 0 Å². The van der Waals surface area contributed by atoms with Gasteiger partial charge < -0.3 is 11.5 Å². The molecule has 2 heterocycles.